The Bertz CT molecular complexity index is 787. The molecule has 0 saturated carbocycles. The summed E-state index contributed by atoms with van der Waals surface area (Å²) in [6, 6.07) is 5.04. The highest BCUT2D eigenvalue weighted by Crippen LogP contribution is 2.18. The minimum atomic E-state index is -3.68. The van der Waals surface area contributed by atoms with E-state index in [4.69, 9.17) is 0 Å². The maximum absolute atomic E-state index is 12.7. The van der Waals surface area contributed by atoms with Gasteiger partial charge in [0.2, 0.25) is 15.9 Å². The van der Waals surface area contributed by atoms with Crippen LogP contribution in [-0.2, 0) is 14.8 Å². The minimum absolute atomic E-state index is 0.170. The summed E-state index contributed by atoms with van der Waals surface area (Å²) in [6.07, 6.45) is 2.12. The molecule has 0 unspecified atom stereocenters. The van der Waals surface area contributed by atoms with Gasteiger partial charge in [-0.1, -0.05) is 6.07 Å². The molecule has 7 nitrogen and oxygen atoms in total. The van der Waals surface area contributed by atoms with Gasteiger partial charge in [-0.2, -0.15) is 4.31 Å². The molecule has 2 rings (SSSR count). The SMILES string of the molecule is Cc1ccc(S(=O)(=O)N(C)CC(=O)NCC2CCN(CCN(C)C)CC2)cc1C. The van der Waals surface area contributed by atoms with Crippen LogP contribution in [0.4, 0.5) is 0 Å². The van der Waals surface area contributed by atoms with Gasteiger partial charge < -0.3 is 15.1 Å². The van der Waals surface area contributed by atoms with Crippen LogP contribution in [0.1, 0.15) is 24.0 Å². The monoisotopic (exact) mass is 424 g/mol. The van der Waals surface area contributed by atoms with Crippen molar-refractivity contribution in [3.05, 3.63) is 29.3 Å². The molecule has 29 heavy (non-hydrogen) atoms. The van der Waals surface area contributed by atoms with E-state index in [0.29, 0.717) is 12.5 Å². The number of likely N-dealkylation sites (N-methyl/N-ethyl adjacent to an activating group) is 2. The fourth-order valence-corrected chi connectivity index (χ4v) is 4.62. The normalized spacial score (nSPS) is 16.5. The van der Waals surface area contributed by atoms with Crippen molar-refractivity contribution in [3.63, 3.8) is 0 Å². The van der Waals surface area contributed by atoms with Crippen molar-refractivity contribution in [1.29, 1.82) is 0 Å². The zero-order valence-electron chi connectivity index (χ0n) is 18.4. The van der Waals surface area contributed by atoms with Crippen molar-refractivity contribution >= 4 is 15.9 Å². The first-order chi connectivity index (χ1) is 13.6. The molecule has 1 aromatic carbocycles. The number of carbonyl (C=O) groups is 1. The number of benzene rings is 1. The summed E-state index contributed by atoms with van der Waals surface area (Å²) in [7, 11) is 1.94. The highest BCUT2D eigenvalue weighted by molar-refractivity contribution is 7.89. The summed E-state index contributed by atoms with van der Waals surface area (Å²) < 4.78 is 26.6. The minimum Gasteiger partial charge on any atom is -0.355 e. The molecule has 1 N–H and O–H groups in total. The zero-order chi connectivity index (χ0) is 21.6. The van der Waals surface area contributed by atoms with Crippen LogP contribution >= 0.6 is 0 Å². The lowest BCUT2D eigenvalue weighted by molar-refractivity contribution is -0.121. The van der Waals surface area contributed by atoms with Gasteiger partial charge in [0, 0.05) is 26.7 Å². The first kappa shape index (κ1) is 23.8. The number of sulfonamides is 1. The Hall–Kier alpha value is -1.48. The first-order valence-corrected chi connectivity index (χ1v) is 11.7. The van der Waals surface area contributed by atoms with Crippen molar-refractivity contribution in [2.75, 3.05) is 60.4 Å². The molecule has 164 valence electrons. The van der Waals surface area contributed by atoms with Gasteiger partial charge in [-0.15, -0.1) is 0 Å². The standard InChI is InChI=1S/C21H36N4O3S/c1-17-6-7-20(14-18(17)2)29(27,28)24(5)16-21(26)22-15-19-8-10-25(11-9-19)13-12-23(3)4/h6-7,14,19H,8-13,15-16H2,1-5H3,(H,22,26). The average molecular weight is 425 g/mol. The average Bonchev–Trinajstić information content (AvgIpc) is 2.67. The molecule has 1 heterocycles. The number of carbonyl (C=O) groups excluding carboxylic acids is 1. The molecule has 0 radical (unpaired) electrons. The van der Waals surface area contributed by atoms with E-state index >= 15 is 0 Å². The number of likely N-dealkylation sites (tertiary alicyclic amines) is 1. The van der Waals surface area contributed by atoms with Crippen molar-refractivity contribution < 1.29 is 13.2 Å². The van der Waals surface area contributed by atoms with Crippen LogP contribution in [0.15, 0.2) is 23.1 Å². The lowest BCUT2D eigenvalue weighted by Crippen LogP contribution is -2.43. The molecule has 0 aromatic heterocycles. The topological polar surface area (TPSA) is 73.0 Å². The third-order valence-corrected chi connectivity index (χ3v) is 7.51. The van der Waals surface area contributed by atoms with Gasteiger partial charge in [-0.3, -0.25) is 4.79 Å². The number of aryl methyl sites for hydroxylation is 2. The molecule has 1 amide bonds. The van der Waals surface area contributed by atoms with Crippen LogP contribution in [0.5, 0.6) is 0 Å². The second-order valence-electron chi connectivity index (χ2n) is 8.40. The highest BCUT2D eigenvalue weighted by atomic mass is 32.2. The number of amides is 1. The zero-order valence-corrected chi connectivity index (χ0v) is 19.3. The van der Waals surface area contributed by atoms with E-state index in [0.717, 1.165) is 54.5 Å². The van der Waals surface area contributed by atoms with Gasteiger partial charge in [0.05, 0.1) is 11.4 Å². The Labute approximate surface area is 176 Å². The van der Waals surface area contributed by atoms with E-state index in [1.807, 2.05) is 13.8 Å². The molecule has 0 aliphatic carbocycles. The van der Waals surface area contributed by atoms with Crippen LogP contribution in [0.25, 0.3) is 0 Å². The summed E-state index contributed by atoms with van der Waals surface area (Å²) in [5, 5.41) is 2.92. The van der Waals surface area contributed by atoms with Gasteiger partial charge in [-0.25, -0.2) is 8.42 Å². The van der Waals surface area contributed by atoms with Crippen LogP contribution in [0, 0.1) is 19.8 Å². The Morgan fingerprint density at radius 1 is 1.14 bits per heavy atom. The van der Waals surface area contributed by atoms with Crippen LogP contribution in [0.2, 0.25) is 0 Å². The maximum Gasteiger partial charge on any atom is 0.243 e. The van der Waals surface area contributed by atoms with Crippen LogP contribution in [0.3, 0.4) is 0 Å². The smallest absolute Gasteiger partial charge is 0.243 e. The fourth-order valence-electron chi connectivity index (χ4n) is 3.41. The quantitative estimate of drug-likeness (QED) is 0.647. The molecule has 8 heteroatoms. The maximum atomic E-state index is 12.7. The van der Waals surface area contributed by atoms with E-state index in [1.54, 1.807) is 18.2 Å². The molecule has 1 aromatic rings. The lowest BCUT2D eigenvalue weighted by Gasteiger charge is -2.32. The number of hydrogen-bond acceptors (Lipinski definition) is 5. The van der Waals surface area contributed by atoms with Crippen LogP contribution in [-0.4, -0.2) is 88.8 Å². The molecule has 0 atom stereocenters. The Kier molecular flexibility index (Phi) is 8.63. The largest absolute Gasteiger partial charge is 0.355 e. The predicted octanol–water partition coefficient (Wildman–Crippen LogP) is 1.31. The van der Waals surface area contributed by atoms with Gasteiger partial charge in [-0.05, 0) is 83.1 Å². The molecule has 1 fully saturated rings. The number of rotatable bonds is 9. The van der Waals surface area contributed by atoms with Crippen molar-refractivity contribution in [2.45, 2.75) is 31.6 Å². The van der Waals surface area contributed by atoms with E-state index in [1.165, 1.54) is 7.05 Å². The van der Waals surface area contributed by atoms with Crippen molar-refractivity contribution in [2.24, 2.45) is 5.92 Å². The third-order valence-electron chi connectivity index (χ3n) is 5.71. The molecule has 1 aliphatic heterocycles. The lowest BCUT2D eigenvalue weighted by atomic mass is 9.97. The fraction of sp³-hybridized carbons (Fsp3) is 0.667. The van der Waals surface area contributed by atoms with E-state index < -0.39 is 10.0 Å². The second-order valence-corrected chi connectivity index (χ2v) is 10.4. The number of nitrogens with zero attached hydrogens (tertiary/aromatic N) is 3. The first-order valence-electron chi connectivity index (χ1n) is 10.3. The molecular weight excluding hydrogens is 388 g/mol. The van der Waals surface area contributed by atoms with E-state index in [9.17, 15) is 13.2 Å². The van der Waals surface area contributed by atoms with Crippen molar-refractivity contribution in [3.8, 4) is 0 Å². The van der Waals surface area contributed by atoms with Gasteiger partial charge in [0.1, 0.15) is 0 Å². The highest BCUT2D eigenvalue weighted by Gasteiger charge is 2.24. The van der Waals surface area contributed by atoms with Crippen molar-refractivity contribution in [1.82, 2.24) is 19.4 Å². The Morgan fingerprint density at radius 2 is 1.79 bits per heavy atom. The summed E-state index contributed by atoms with van der Waals surface area (Å²) in [4.78, 5) is 17.2. The van der Waals surface area contributed by atoms with E-state index in [2.05, 4.69) is 29.2 Å². The van der Waals surface area contributed by atoms with Crippen LogP contribution < -0.4 is 5.32 Å². The molecule has 0 spiro atoms. The summed E-state index contributed by atoms with van der Waals surface area (Å²) >= 11 is 0. The summed E-state index contributed by atoms with van der Waals surface area (Å²) in [5.74, 6) is 0.200. The second kappa shape index (κ2) is 10.5. The third kappa shape index (κ3) is 7.06. The summed E-state index contributed by atoms with van der Waals surface area (Å²) in [5.41, 5.74) is 1.96. The van der Waals surface area contributed by atoms with Gasteiger partial charge in [0.15, 0.2) is 0 Å². The predicted molar refractivity (Wildman–Crippen MR) is 116 cm³/mol. The van der Waals surface area contributed by atoms with E-state index in [-0.39, 0.29) is 17.3 Å². The Balaban J connectivity index is 1.78. The van der Waals surface area contributed by atoms with Gasteiger partial charge >= 0.3 is 0 Å². The van der Waals surface area contributed by atoms with Gasteiger partial charge in [0.25, 0.3) is 0 Å². The summed E-state index contributed by atoms with van der Waals surface area (Å²) in [6.45, 7) is 8.50. The number of nitrogens with one attached hydrogen (secondary N) is 1. The Morgan fingerprint density at radius 3 is 2.38 bits per heavy atom. The number of hydrogen-bond donors (Lipinski definition) is 1. The number of piperidine rings is 1. The molecule has 1 aliphatic rings. The molecule has 1 saturated heterocycles. The molecular formula is C21H36N4O3S. The molecule has 0 bridgehead atoms.